The highest BCUT2D eigenvalue weighted by molar-refractivity contribution is 6.46. The standard InChI is InChI=1S/C28H35NO7/c1-7-35-22-11-8-19(15-23(22)34-6)25-24(27(31)28(32)29(25)12-13-33-5)26(30)21-10-9-20(14-18(21)4)36-16-17(2)3/h8-11,14-15,17,25,30H,7,12-13,16H2,1-6H3/b26-24+. The number of Topliss-reactive ketones (excluding diaryl/α,β-unsaturated/α-hetero) is 1. The van der Waals surface area contributed by atoms with Gasteiger partial charge in [0.15, 0.2) is 11.5 Å². The predicted molar refractivity (Wildman–Crippen MR) is 137 cm³/mol. The average Bonchev–Trinajstić information content (AvgIpc) is 3.11. The van der Waals surface area contributed by atoms with Crippen LogP contribution in [0.15, 0.2) is 42.0 Å². The van der Waals surface area contributed by atoms with Crippen LogP contribution in [-0.2, 0) is 14.3 Å². The van der Waals surface area contributed by atoms with Crippen LogP contribution in [0.25, 0.3) is 5.76 Å². The van der Waals surface area contributed by atoms with E-state index in [0.29, 0.717) is 47.5 Å². The molecule has 1 amide bonds. The van der Waals surface area contributed by atoms with E-state index >= 15 is 0 Å². The number of ketones is 1. The van der Waals surface area contributed by atoms with Gasteiger partial charge in [-0.1, -0.05) is 19.9 Å². The van der Waals surface area contributed by atoms with Gasteiger partial charge in [-0.15, -0.1) is 0 Å². The van der Waals surface area contributed by atoms with Crippen molar-refractivity contribution < 1.29 is 33.6 Å². The van der Waals surface area contributed by atoms with Crippen molar-refractivity contribution in [1.82, 2.24) is 4.90 Å². The second-order valence-electron chi connectivity index (χ2n) is 9.01. The first-order valence-corrected chi connectivity index (χ1v) is 12.0. The quantitative estimate of drug-likeness (QED) is 0.277. The Bertz CT molecular complexity index is 1140. The molecule has 2 aromatic carbocycles. The maximum atomic E-state index is 13.2. The second-order valence-corrected chi connectivity index (χ2v) is 9.01. The minimum absolute atomic E-state index is 0.0151. The number of rotatable bonds is 11. The number of nitrogens with zero attached hydrogens (tertiary/aromatic N) is 1. The van der Waals surface area contributed by atoms with E-state index in [4.69, 9.17) is 18.9 Å². The van der Waals surface area contributed by atoms with E-state index in [2.05, 4.69) is 13.8 Å². The zero-order valence-corrected chi connectivity index (χ0v) is 21.8. The summed E-state index contributed by atoms with van der Waals surface area (Å²) in [5.41, 5.74) is 1.81. The number of carbonyl (C=O) groups excluding carboxylic acids is 2. The van der Waals surface area contributed by atoms with Gasteiger partial charge in [0.1, 0.15) is 11.5 Å². The number of aliphatic hydroxyl groups excluding tert-OH is 1. The van der Waals surface area contributed by atoms with Gasteiger partial charge in [-0.25, -0.2) is 0 Å². The van der Waals surface area contributed by atoms with E-state index in [9.17, 15) is 14.7 Å². The van der Waals surface area contributed by atoms with E-state index in [-0.39, 0.29) is 24.5 Å². The first-order valence-electron chi connectivity index (χ1n) is 12.0. The number of benzene rings is 2. The first kappa shape index (κ1) is 27.1. The van der Waals surface area contributed by atoms with Crippen molar-refractivity contribution in [2.75, 3.05) is 40.6 Å². The van der Waals surface area contributed by atoms with Gasteiger partial charge in [0.05, 0.1) is 38.5 Å². The topological polar surface area (TPSA) is 94.5 Å². The Kier molecular flexibility index (Phi) is 8.98. The number of carbonyl (C=O) groups is 2. The van der Waals surface area contributed by atoms with Crippen LogP contribution in [0.5, 0.6) is 17.2 Å². The molecule has 1 N–H and O–H groups in total. The van der Waals surface area contributed by atoms with E-state index in [0.717, 1.165) is 5.56 Å². The van der Waals surface area contributed by atoms with Gasteiger partial charge in [0.2, 0.25) is 0 Å². The van der Waals surface area contributed by atoms with Crippen LogP contribution >= 0.6 is 0 Å². The summed E-state index contributed by atoms with van der Waals surface area (Å²) in [7, 11) is 3.05. The lowest BCUT2D eigenvalue weighted by Gasteiger charge is -2.26. The molecule has 1 aliphatic rings. The molecule has 194 valence electrons. The minimum atomic E-state index is -0.819. The third-order valence-electron chi connectivity index (χ3n) is 5.92. The highest BCUT2D eigenvalue weighted by Gasteiger charge is 2.46. The van der Waals surface area contributed by atoms with Gasteiger partial charge in [0.25, 0.3) is 11.7 Å². The monoisotopic (exact) mass is 497 g/mol. The molecule has 36 heavy (non-hydrogen) atoms. The molecule has 3 rings (SSSR count). The number of aryl methyl sites for hydroxylation is 1. The van der Waals surface area contributed by atoms with Crippen molar-refractivity contribution in [3.8, 4) is 17.2 Å². The second kappa shape index (κ2) is 11.9. The van der Waals surface area contributed by atoms with Crippen LogP contribution in [0.2, 0.25) is 0 Å². The zero-order valence-electron chi connectivity index (χ0n) is 21.8. The molecule has 0 radical (unpaired) electrons. The maximum Gasteiger partial charge on any atom is 0.295 e. The average molecular weight is 498 g/mol. The van der Waals surface area contributed by atoms with Gasteiger partial charge in [-0.05, 0) is 61.2 Å². The van der Waals surface area contributed by atoms with Crippen LogP contribution in [-0.4, -0.2) is 62.3 Å². The van der Waals surface area contributed by atoms with Gasteiger partial charge in [-0.3, -0.25) is 9.59 Å². The van der Waals surface area contributed by atoms with Crippen LogP contribution in [0.1, 0.15) is 43.5 Å². The number of amides is 1. The molecule has 1 atom stereocenters. The third kappa shape index (κ3) is 5.65. The summed E-state index contributed by atoms with van der Waals surface area (Å²) in [5.74, 6) is 0.375. The molecule has 8 nitrogen and oxygen atoms in total. The normalized spacial score (nSPS) is 17.1. The largest absolute Gasteiger partial charge is 0.507 e. The molecular formula is C28H35NO7. The van der Waals surface area contributed by atoms with Crippen LogP contribution in [0.4, 0.5) is 0 Å². The molecule has 1 unspecified atom stereocenters. The van der Waals surface area contributed by atoms with Crippen molar-refractivity contribution in [3.05, 3.63) is 58.7 Å². The minimum Gasteiger partial charge on any atom is -0.507 e. The molecule has 2 aromatic rings. The lowest BCUT2D eigenvalue weighted by Crippen LogP contribution is -2.32. The zero-order chi connectivity index (χ0) is 26.4. The van der Waals surface area contributed by atoms with Gasteiger partial charge in [-0.2, -0.15) is 0 Å². The molecule has 1 fully saturated rings. The number of ether oxygens (including phenoxy) is 4. The van der Waals surface area contributed by atoms with E-state index in [1.165, 1.54) is 19.1 Å². The lowest BCUT2D eigenvalue weighted by molar-refractivity contribution is -0.140. The molecule has 0 bridgehead atoms. The molecule has 8 heteroatoms. The molecular weight excluding hydrogens is 462 g/mol. The number of hydrogen-bond donors (Lipinski definition) is 1. The van der Waals surface area contributed by atoms with E-state index in [1.807, 2.05) is 19.9 Å². The molecule has 0 spiro atoms. The number of aliphatic hydroxyl groups is 1. The van der Waals surface area contributed by atoms with E-state index < -0.39 is 17.7 Å². The Morgan fingerprint density at radius 3 is 2.42 bits per heavy atom. The highest BCUT2D eigenvalue weighted by Crippen LogP contribution is 2.42. The Morgan fingerprint density at radius 2 is 1.81 bits per heavy atom. The summed E-state index contributed by atoms with van der Waals surface area (Å²) >= 11 is 0. The Hall–Kier alpha value is -3.52. The SMILES string of the molecule is CCOc1ccc(C2/C(=C(\O)c3ccc(OCC(C)C)cc3C)C(=O)C(=O)N2CCOC)cc1OC. The smallest absolute Gasteiger partial charge is 0.295 e. The Balaban J connectivity index is 2.12. The van der Waals surface area contributed by atoms with Crippen LogP contribution in [0.3, 0.4) is 0 Å². The summed E-state index contributed by atoms with van der Waals surface area (Å²) < 4.78 is 22.1. The summed E-state index contributed by atoms with van der Waals surface area (Å²) in [4.78, 5) is 27.7. The highest BCUT2D eigenvalue weighted by atomic mass is 16.5. The summed E-state index contributed by atoms with van der Waals surface area (Å²) in [6.45, 7) is 9.25. The fraction of sp³-hybridized carbons (Fsp3) is 0.429. The van der Waals surface area contributed by atoms with E-state index in [1.54, 1.807) is 30.3 Å². The Labute approximate surface area is 212 Å². The van der Waals surface area contributed by atoms with Crippen molar-refractivity contribution in [2.24, 2.45) is 5.92 Å². The fourth-order valence-electron chi connectivity index (χ4n) is 4.18. The molecule has 1 heterocycles. The van der Waals surface area contributed by atoms with Crippen molar-refractivity contribution in [2.45, 2.75) is 33.7 Å². The Morgan fingerprint density at radius 1 is 1.06 bits per heavy atom. The fourth-order valence-corrected chi connectivity index (χ4v) is 4.18. The maximum absolute atomic E-state index is 13.2. The lowest BCUT2D eigenvalue weighted by atomic mass is 9.93. The van der Waals surface area contributed by atoms with Crippen molar-refractivity contribution >= 4 is 17.4 Å². The molecule has 0 saturated carbocycles. The number of methoxy groups -OCH3 is 2. The van der Waals surface area contributed by atoms with Gasteiger partial charge in [0, 0.05) is 19.2 Å². The first-order chi connectivity index (χ1) is 17.2. The predicted octanol–water partition coefficient (Wildman–Crippen LogP) is 4.51. The van der Waals surface area contributed by atoms with Gasteiger partial charge >= 0.3 is 0 Å². The number of hydrogen-bond acceptors (Lipinski definition) is 7. The third-order valence-corrected chi connectivity index (χ3v) is 5.92. The van der Waals surface area contributed by atoms with Crippen molar-refractivity contribution in [1.29, 1.82) is 0 Å². The van der Waals surface area contributed by atoms with Gasteiger partial charge < -0.3 is 29.0 Å². The number of likely N-dealkylation sites (tertiary alicyclic amines) is 1. The summed E-state index contributed by atoms with van der Waals surface area (Å²) in [5, 5.41) is 11.4. The molecule has 1 saturated heterocycles. The van der Waals surface area contributed by atoms with Crippen LogP contribution in [0, 0.1) is 12.8 Å². The molecule has 1 aliphatic heterocycles. The van der Waals surface area contributed by atoms with Crippen LogP contribution < -0.4 is 14.2 Å². The summed E-state index contributed by atoms with van der Waals surface area (Å²) in [6.07, 6.45) is 0. The summed E-state index contributed by atoms with van der Waals surface area (Å²) in [6, 6.07) is 9.69. The molecule has 0 aliphatic carbocycles. The van der Waals surface area contributed by atoms with Crippen molar-refractivity contribution in [3.63, 3.8) is 0 Å². The molecule has 0 aromatic heterocycles.